The number of carbonyl (C=O) groups excluding carboxylic acids is 1. The molecule has 0 saturated heterocycles. The van der Waals surface area contributed by atoms with Crippen molar-refractivity contribution in [1.29, 1.82) is 5.26 Å². The van der Waals surface area contributed by atoms with Crippen molar-refractivity contribution in [3.63, 3.8) is 0 Å². The van der Waals surface area contributed by atoms with Gasteiger partial charge in [0.2, 0.25) is 5.88 Å². The second-order valence-electron chi connectivity index (χ2n) is 5.57. The summed E-state index contributed by atoms with van der Waals surface area (Å²) in [5, 5.41) is 21.2. The first-order valence-electron chi connectivity index (χ1n) is 7.96. The van der Waals surface area contributed by atoms with Gasteiger partial charge in [-0.3, -0.25) is 0 Å². The Bertz CT molecular complexity index is 991. The lowest BCUT2D eigenvalue weighted by atomic mass is 9.82. The summed E-state index contributed by atoms with van der Waals surface area (Å²) in [6, 6.07) is 7.00. The molecule has 1 aliphatic rings. The third-order valence-electron chi connectivity index (χ3n) is 4.00. The molecule has 1 unspecified atom stereocenters. The van der Waals surface area contributed by atoms with Gasteiger partial charge in [-0.05, 0) is 48.0 Å². The molecule has 10 heteroatoms. The maximum atomic E-state index is 12.6. The average molecular weight is 387 g/mol. The average Bonchev–Trinajstić information content (AvgIpc) is 3.15. The lowest BCUT2D eigenvalue weighted by Crippen LogP contribution is -2.26. The SMILES string of the molecule is CCOC(=O)C1=C(C)OC(N)=C(C#N)C1c1cc(Cl)ccc1-n1cnnn1. The molecule has 2 heterocycles. The minimum atomic E-state index is -0.847. The normalized spacial score (nSPS) is 16.7. The van der Waals surface area contributed by atoms with Gasteiger partial charge in [0.25, 0.3) is 0 Å². The van der Waals surface area contributed by atoms with Crippen molar-refractivity contribution < 1.29 is 14.3 Å². The van der Waals surface area contributed by atoms with Crippen LogP contribution in [0.3, 0.4) is 0 Å². The highest BCUT2D eigenvalue weighted by molar-refractivity contribution is 6.30. The Balaban J connectivity index is 2.28. The molecule has 0 aliphatic carbocycles. The molecule has 1 atom stereocenters. The number of rotatable bonds is 4. The van der Waals surface area contributed by atoms with Crippen molar-refractivity contribution in [3.8, 4) is 11.8 Å². The van der Waals surface area contributed by atoms with Crippen molar-refractivity contribution in [2.24, 2.45) is 5.73 Å². The summed E-state index contributed by atoms with van der Waals surface area (Å²) < 4.78 is 12.0. The van der Waals surface area contributed by atoms with Crippen LogP contribution in [-0.4, -0.2) is 32.8 Å². The Morgan fingerprint density at radius 3 is 2.93 bits per heavy atom. The van der Waals surface area contributed by atoms with E-state index in [1.165, 1.54) is 11.0 Å². The van der Waals surface area contributed by atoms with Crippen molar-refractivity contribution in [2.75, 3.05) is 6.61 Å². The molecule has 9 nitrogen and oxygen atoms in total. The number of nitriles is 1. The van der Waals surface area contributed by atoms with Crippen molar-refractivity contribution in [2.45, 2.75) is 19.8 Å². The number of nitrogens with zero attached hydrogens (tertiary/aromatic N) is 5. The summed E-state index contributed by atoms with van der Waals surface area (Å²) >= 11 is 6.19. The van der Waals surface area contributed by atoms with Crippen LogP contribution in [0.15, 0.2) is 47.3 Å². The molecule has 0 fully saturated rings. The predicted octanol–water partition coefficient (Wildman–Crippen LogP) is 1.96. The second kappa shape index (κ2) is 7.47. The first kappa shape index (κ1) is 18.4. The van der Waals surface area contributed by atoms with Gasteiger partial charge in [-0.1, -0.05) is 11.6 Å². The van der Waals surface area contributed by atoms with Crippen LogP contribution in [0.5, 0.6) is 0 Å². The van der Waals surface area contributed by atoms with E-state index < -0.39 is 11.9 Å². The number of allylic oxidation sites excluding steroid dienone is 2. The fraction of sp³-hybridized carbons (Fsp3) is 0.235. The van der Waals surface area contributed by atoms with Crippen molar-refractivity contribution >= 4 is 17.6 Å². The van der Waals surface area contributed by atoms with E-state index in [0.717, 1.165) is 0 Å². The van der Waals surface area contributed by atoms with E-state index in [2.05, 4.69) is 15.5 Å². The number of esters is 1. The monoisotopic (exact) mass is 386 g/mol. The molecule has 1 aliphatic heterocycles. The topological polar surface area (TPSA) is 129 Å². The van der Waals surface area contributed by atoms with Crippen molar-refractivity contribution in [3.05, 3.63) is 57.9 Å². The highest BCUT2D eigenvalue weighted by atomic mass is 35.5. The number of benzene rings is 1. The number of ether oxygens (including phenoxy) is 2. The first-order valence-corrected chi connectivity index (χ1v) is 8.34. The Labute approximate surface area is 159 Å². The van der Waals surface area contributed by atoms with Crippen LogP contribution in [0.2, 0.25) is 5.02 Å². The summed E-state index contributed by atoms with van der Waals surface area (Å²) in [5.74, 6) is -1.29. The molecule has 2 aromatic rings. The lowest BCUT2D eigenvalue weighted by molar-refractivity contribution is -0.139. The highest BCUT2D eigenvalue weighted by Crippen LogP contribution is 2.42. The van der Waals surface area contributed by atoms with Gasteiger partial charge < -0.3 is 15.2 Å². The summed E-state index contributed by atoms with van der Waals surface area (Å²) in [6.07, 6.45) is 1.39. The lowest BCUT2D eigenvalue weighted by Gasteiger charge is -2.28. The molecule has 27 heavy (non-hydrogen) atoms. The van der Waals surface area contributed by atoms with E-state index in [1.807, 2.05) is 6.07 Å². The Hall–Kier alpha value is -3.38. The molecule has 1 aromatic carbocycles. The third kappa shape index (κ3) is 3.35. The van der Waals surface area contributed by atoms with Gasteiger partial charge in [0.15, 0.2) is 0 Å². The zero-order chi connectivity index (χ0) is 19.6. The van der Waals surface area contributed by atoms with Gasteiger partial charge in [-0.2, -0.15) is 5.26 Å². The number of hydrogen-bond acceptors (Lipinski definition) is 8. The summed E-state index contributed by atoms with van der Waals surface area (Å²) in [4.78, 5) is 12.6. The zero-order valence-corrected chi connectivity index (χ0v) is 15.3. The molecule has 0 amide bonds. The molecule has 2 N–H and O–H groups in total. The second-order valence-corrected chi connectivity index (χ2v) is 6.01. The van der Waals surface area contributed by atoms with E-state index in [1.54, 1.807) is 32.0 Å². The summed E-state index contributed by atoms with van der Waals surface area (Å²) in [6.45, 7) is 3.44. The van der Waals surface area contributed by atoms with E-state index in [-0.39, 0.29) is 29.4 Å². The van der Waals surface area contributed by atoms with Crippen LogP contribution in [0.4, 0.5) is 0 Å². The molecular formula is C17H15ClN6O3. The number of aromatic nitrogens is 4. The maximum absolute atomic E-state index is 12.6. The summed E-state index contributed by atoms with van der Waals surface area (Å²) in [7, 11) is 0. The fourth-order valence-corrected chi connectivity index (χ4v) is 3.08. The number of carbonyl (C=O) groups is 1. The van der Waals surface area contributed by atoms with Gasteiger partial charge in [0, 0.05) is 5.02 Å². The van der Waals surface area contributed by atoms with Gasteiger partial charge in [-0.15, -0.1) is 5.10 Å². The molecular weight excluding hydrogens is 372 g/mol. The third-order valence-corrected chi connectivity index (χ3v) is 4.23. The zero-order valence-electron chi connectivity index (χ0n) is 14.5. The fourth-order valence-electron chi connectivity index (χ4n) is 2.90. The van der Waals surface area contributed by atoms with Gasteiger partial charge in [0.05, 0.1) is 23.8 Å². The smallest absolute Gasteiger partial charge is 0.338 e. The molecule has 0 bridgehead atoms. The van der Waals surface area contributed by atoms with Crippen LogP contribution < -0.4 is 5.73 Å². The van der Waals surface area contributed by atoms with Crippen LogP contribution in [0.1, 0.15) is 25.3 Å². The van der Waals surface area contributed by atoms with Crippen LogP contribution in [-0.2, 0) is 14.3 Å². The van der Waals surface area contributed by atoms with Crippen LogP contribution in [0.25, 0.3) is 5.69 Å². The van der Waals surface area contributed by atoms with Crippen molar-refractivity contribution in [1.82, 2.24) is 20.2 Å². The molecule has 0 saturated carbocycles. The van der Waals surface area contributed by atoms with Gasteiger partial charge in [-0.25, -0.2) is 9.48 Å². The molecule has 3 rings (SSSR count). The number of tetrazole rings is 1. The van der Waals surface area contributed by atoms with E-state index in [0.29, 0.717) is 16.3 Å². The predicted molar refractivity (Wildman–Crippen MR) is 94.1 cm³/mol. The number of hydrogen-bond donors (Lipinski definition) is 1. The number of halogens is 1. The Morgan fingerprint density at radius 2 is 2.30 bits per heavy atom. The van der Waals surface area contributed by atoms with Gasteiger partial charge >= 0.3 is 5.97 Å². The minimum Gasteiger partial charge on any atom is -0.463 e. The molecule has 1 aromatic heterocycles. The highest BCUT2D eigenvalue weighted by Gasteiger charge is 2.38. The molecule has 138 valence electrons. The quantitative estimate of drug-likeness (QED) is 0.789. The van der Waals surface area contributed by atoms with E-state index in [4.69, 9.17) is 26.8 Å². The minimum absolute atomic E-state index is 0.0697. The maximum Gasteiger partial charge on any atom is 0.338 e. The van der Waals surface area contributed by atoms with E-state index in [9.17, 15) is 10.1 Å². The standard InChI is InChI=1S/C17H15ClN6O3/c1-3-26-17(25)14-9(2)27-16(20)12(7-19)15(14)11-6-10(18)4-5-13(11)24-8-21-22-23-24/h4-6,8,15H,3,20H2,1-2H3. The van der Waals surface area contributed by atoms with Gasteiger partial charge in [0.1, 0.15) is 23.7 Å². The Kier molecular flexibility index (Phi) is 5.09. The summed E-state index contributed by atoms with van der Waals surface area (Å²) in [5.41, 5.74) is 7.20. The van der Waals surface area contributed by atoms with Crippen LogP contribution >= 0.6 is 11.6 Å². The van der Waals surface area contributed by atoms with Crippen LogP contribution in [0, 0.1) is 11.3 Å². The largest absolute Gasteiger partial charge is 0.463 e. The Morgan fingerprint density at radius 1 is 1.52 bits per heavy atom. The molecule has 0 spiro atoms. The van der Waals surface area contributed by atoms with E-state index >= 15 is 0 Å². The number of nitrogens with two attached hydrogens (primary N) is 1. The first-order chi connectivity index (χ1) is 13.0. The molecule has 0 radical (unpaired) electrons.